The molecule has 0 saturated heterocycles. The number of nitrogens with one attached hydrogen (secondary N) is 1. The van der Waals surface area contributed by atoms with E-state index in [1.165, 1.54) is 12.3 Å². The van der Waals surface area contributed by atoms with E-state index in [9.17, 15) is 13.6 Å². The predicted molar refractivity (Wildman–Crippen MR) is 99.6 cm³/mol. The molecule has 4 aromatic rings. The first kappa shape index (κ1) is 16.7. The van der Waals surface area contributed by atoms with Crippen LogP contribution in [0.4, 0.5) is 25.2 Å². The van der Waals surface area contributed by atoms with Crippen molar-refractivity contribution >= 4 is 28.4 Å². The van der Waals surface area contributed by atoms with Crippen molar-refractivity contribution in [2.24, 2.45) is 5.73 Å². The quantitative estimate of drug-likeness (QED) is 0.552. The second-order valence-corrected chi connectivity index (χ2v) is 5.93. The van der Waals surface area contributed by atoms with Crippen LogP contribution < -0.4 is 10.6 Å². The second-order valence-electron chi connectivity index (χ2n) is 5.93. The van der Waals surface area contributed by atoms with Gasteiger partial charge in [-0.3, -0.25) is 0 Å². The van der Waals surface area contributed by atoms with Crippen molar-refractivity contribution in [1.82, 2.24) is 9.97 Å². The average molecular weight is 364 g/mol. The van der Waals surface area contributed by atoms with Crippen molar-refractivity contribution in [1.29, 1.82) is 0 Å². The number of hydrogen-bond acceptors (Lipinski definition) is 2. The number of imidazole rings is 1. The molecular weight excluding hydrogens is 350 g/mol. The molecular formula is C20H14F2N4O. The fourth-order valence-corrected chi connectivity index (χ4v) is 2.95. The third-order valence-electron chi connectivity index (χ3n) is 4.22. The molecule has 0 aliphatic carbocycles. The summed E-state index contributed by atoms with van der Waals surface area (Å²) in [5.74, 6) is -1.91. The van der Waals surface area contributed by atoms with Crippen LogP contribution in [-0.2, 0) is 0 Å². The van der Waals surface area contributed by atoms with E-state index in [4.69, 9.17) is 5.73 Å². The van der Waals surface area contributed by atoms with Gasteiger partial charge in [-0.2, -0.15) is 0 Å². The summed E-state index contributed by atoms with van der Waals surface area (Å²) < 4.78 is 28.2. The highest BCUT2D eigenvalue weighted by Crippen LogP contribution is 2.31. The van der Waals surface area contributed by atoms with Gasteiger partial charge < -0.3 is 10.7 Å². The van der Waals surface area contributed by atoms with E-state index in [0.717, 1.165) is 28.5 Å². The Hall–Kier alpha value is -3.74. The minimum absolute atomic E-state index is 0.0744. The van der Waals surface area contributed by atoms with Crippen LogP contribution >= 0.6 is 0 Å². The van der Waals surface area contributed by atoms with E-state index in [1.54, 1.807) is 0 Å². The number of aromatic nitrogens is 2. The molecule has 0 fully saturated rings. The van der Waals surface area contributed by atoms with E-state index < -0.39 is 23.4 Å². The molecule has 3 aromatic carbocycles. The van der Waals surface area contributed by atoms with E-state index >= 15 is 0 Å². The number of nitrogens with zero attached hydrogens (tertiary/aromatic N) is 2. The molecule has 0 aliphatic rings. The SMILES string of the molecule is NC(=O)N(c1ncc(-c2ccc3ccccc3c2)[nH]1)c1c(F)cccc1F. The Kier molecular flexibility index (Phi) is 4.04. The molecule has 0 radical (unpaired) electrons. The molecule has 0 unspecified atom stereocenters. The average Bonchev–Trinajstić information content (AvgIpc) is 3.13. The number of H-pyrrole nitrogens is 1. The number of para-hydroxylation sites is 1. The first-order valence-corrected chi connectivity index (χ1v) is 8.12. The number of aromatic amines is 1. The lowest BCUT2D eigenvalue weighted by Crippen LogP contribution is -2.33. The number of benzene rings is 3. The zero-order chi connectivity index (χ0) is 19.0. The number of carbonyl (C=O) groups is 1. The van der Waals surface area contributed by atoms with Crippen LogP contribution in [0.1, 0.15) is 0 Å². The Bertz CT molecular complexity index is 1140. The largest absolute Gasteiger partial charge is 0.351 e. The smallest absolute Gasteiger partial charge is 0.326 e. The molecule has 0 spiro atoms. The first-order valence-electron chi connectivity index (χ1n) is 8.12. The first-order chi connectivity index (χ1) is 13.0. The van der Waals surface area contributed by atoms with Gasteiger partial charge in [-0.05, 0) is 29.0 Å². The number of amides is 2. The summed E-state index contributed by atoms with van der Waals surface area (Å²) >= 11 is 0. The normalized spacial score (nSPS) is 10.9. The maximum absolute atomic E-state index is 14.1. The van der Waals surface area contributed by atoms with Gasteiger partial charge in [-0.15, -0.1) is 0 Å². The zero-order valence-corrected chi connectivity index (χ0v) is 14.0. The van der Waals surface area contributed by atoms with Gasteiger partial charge in [-0.25, -0.2) is 23.5 Å². The molecule has 4 rings (SSSR count). The lowest BCUT2D eigenvalue weighted by molar-refractivity contribution is 0.255. The Morgan fingerprint density at radius 2 is 1.67 bits per heavy atom. The Labute approximate surface area is 153 Å². The van der Waals surface area contributed by atoms with E-state index in [2.05, 4.69) is 9.97 Å². The van der Waals surface area contributed by atoms with Crippen LogP contribution in [0.3, 0.4) is 0 Å². The van der Waals surface area contributed by atoms with Crippen molar-refractivity contribution in [2.45, 2.75) is 0 Å². The van der Waals surface area contributed by atoms with Crippen LogP contribution in [0.5, 0.6) is 0 Å². The Morgan fingerprint density at radius 3 is 2.37 bits per heavy atom. The van der Waals surface area contributed by atoms with Crippen molar-refractivity contribution in [3.05, 3.63) is 78.5 Å². The molecule has 27 heavy (non-hydrogen) atoms. The number of fused-ring (bicyclic) bond motifs is 1. The van der Waals surface area contributed by atoms with E-state index in [1.807, 2.05) is 42.5 Å². The van der Waals surface area contributed by atoms with Crippen molar-refractivity contribution in [2.75, 3.05) is 4.90 Å². The highest BCUT2D eigenvalue weighted by Gasteiger charge is 2.25. The fraction of sp³-hybridized carbons (Fsp3) is 0. The molecule has 2 amide bonds. The van der Waals surface area contributed by atoms with Crippen LogP contribution in [0, 0.1) is 11.6 Å². The number of nitrogens with two attached hydrogens (primary N) is 1. The van der Waals surface area contributed by atoms with Crippen LogP contribution in [0.15, 0.2) is 66.9 Å². The molecule has 5 nitrogen and oxygen atoms in total. The lowest BCUT2D eigenvalue weighted by Gasteiger charge is -2.18. The van der Waals surface area contributed by atoms with Crippen LogP contribution in [0.2, 0.25) is 0 Å². The summed E-state index contributed by atoms with van der Waals surface area (Å²) in [6.07, 6.45) is 1.48. The molecule has 134 valence electrons. The van der Waals surface area contributed by atoms with Gasteiger partial charge in [-0.1, -0.05) is 42.5 Å². The van der Waals surface area contributed by atoms with Gasteiger partial charge in [0.25, 0.3) is 0 Å². The number of primary amides is 1. The van der Waals surface area contributed by atoms with Crippen molar-refractivity contribution < 1.29 is 13.6 Å². The summed E-state index contributed by atoms with van der Waals surface area (Å²) in [5, 5.41) is 2.10. The second kappa shape index (κ2) is 6.53. The summed E-state index contributed by atoms with van der Waals surface area (Å²) in [7, 11) is 0. The number of urea groups is 1. The van der Waals surface area contributed by atoms with Gasteiger partial charge >= 0.3 is 6.03 Å². The van der Waals surface area contributed by atoms with Crippen LogP contribution in [-0.4, -0.2) is 16.0 Å². The van der Waals surface area contributed by atoms with Gasteiger partial charge in [0.15, 0.2) is 0 Å². The Morgan fingerprint density at radius 1 is 0.963 bits per heavy atom. The molecule has 3 N–H and O–H groups in total. The van der Waals surface area contributed by atoms with Gasteiger partial charge in [0.2, 0.25) is 5.95 Å². The zero-order valence-electron chi connectivity index (χ0n) is 14.0. The predicted octanol–water partition coefficient (Wildman–Crippen LogP) is 4.72. The third kappa shape index (κ3) is 2.99. The minimum atomic E-state index is -1.06. The summed E-state index contributed by atoms with van der Waals surface area (Å²) in [5.41, 5.74) is 6.17. The van der Waals surface area contributed by atoms with E-state index in [-0.39, 0.29) is 5.95 Å². The maximum Gasteiger partial charge on any atom is 0.326 e. The number of hydrogen-bond donors (Lipinski definition) is 2. The highest BCUT2D eigenvalue weighted by atomic mass is 19.1. The van der Waals surface area contributed by atoms with Crippen molar-refractivity contribution in [3.8, 4) is 11.3 Å². The van der Waals surface area contributed by atoms with Gasteiger partial charge in [0.1, 0.15) is 17.3 Å². The molecule has 1 heterocycles. The molecule has 1 aromatic heterocycles. The number of rotatable bonds is 3. The van der Waals surface area contributed by atoms with Crippen molar-refractivity contribution in [3.63, 3.8) is 0 Å². The molecule has 7 heteroatoms. The number of anilines is 2. The summed E-state index contributed by atoms with van der Waals surface area (Å²) in [6, 6.07) is 15.9. The summed E-state index contributed by atoms with van der Waals surface area (Å²) in [6.45, 7) is 0. The molecule has 0 aliphatic heterocycles. The number of halogens is 2. The van der Waals surface area contributed by atoms with E-state index in [0.29, 0.717) is 10.6 Å². The Balaban J connectivity index is 1.78. The maximum atomic E-state index is 14.1. The standard InChI is InChI=1S/C20H14F2N4O/c21-15-6-3-7-16(22)18(15)26(19(23)27)20-24-11-17(25-20)14-9-8-12-4-1-2-5-13(12)10-14/h1-11H,(H2,23,27)(H,24,25). The lowest BCUT2D eigenvalue weighted by atomic mass is 10.1. The van der Waals surface area contributed by atoms with Gasteiger partial charge in [0, 0.05) is 5.56 Å². The minimum Gasteiger partial charge on any atom is -0.351 e. The fourth-order valence-electron chi connectivity index (χ4n) is 2.95. The summed E-state index contributed by atoms with van der Waals surface area (Å²) in [4.78, 5) is 19.6. The third-order valence-corrected chi connectivity index (χ3v) is 4.22. The monoisotopic (exact) mass is 364 g/mol. The number of carbonyl (C=O) groups excluding carboxylic acids is 1. The topological polar surface area (TPSA) is 75.0 Å². The molecule has 0 bridgehead atoms. The molecule has 0 atom stereocenters. The van der Waals surface area contributed by atoms with Gasteiger partial charge in [0.05, 0.1) is 11.9 Å². The highest BCUT2D eigenvalue weighted by molar-refractivity contribution is 5.97. The molecule has 0 saturated carbocycles. The van der Waals surface area contributed by atoms with Crippen LogP contribution in [0.25, 0.3) is 22.0 Å².